The van der Waals surface area contributed by atoms with Crippen molar-refractivity contribution in [2.75, 3.05) is 6.61 Å². The van der Waals surface area contributed by atoms with Crippen molar-refractivity contribution in [2.45, 2.75) is 27.2 Å². The molecule has 0 heterocycles. The Morgan fingerprint density at radius 2 is 1.81 bits per heavy atom. The van der Waals surface area contributed by atoms with Gasteiger partial charge >= 0.3 is 5.97 Å². The second-order valence-electron chi connectivity index (χ2n) is 4.76. The SMILES string of the molecule is CC(C)(C)C(=O)OCCc1ccc(Cl)cc1. The number of carbonyl (C=O) groups is 1. The molecule has 0 aromatic heterocycles. The van der Waals surface area contributed by atoms with E-state index in [1.54, 1.807) is 0 Å². The van der Waals surface area contributed by atoms with Gasteiger partial charge in [0.05, 0.1) is 12.0 Å². The summed E-state index contributed by atoms with van der Waals surface area (Å²) in [4.78, 5) is 11.5. The maximum Gasteiger partial charge on any atom is 0.311 e. The first-order chi connectivity index (χ1) is 7.39. The van der Waals surface area contributed by atoms with Crippen LogP contribution in [0, 0.1) is 5.41 Å². The van der Waals surface area contributed by atoms with Gasteiger partial charge in [-0.15, -0.1) is 0 Å². The van der Waals surface area contributed by atoms with Crippen molar-refractivity contribution < 1.29 is 9.53 Å². The van der Waals surface area contributed by atoms with Gasteiger partial charge in [0, 0.05) is 11.4 Å². The molecule has 0 aliphatic rings. The fraction of sp³-hybridized carbons (Fsp3) is 0.462. The van der Waals surface area contributed by atoms with Crippen molar-refractivity contribution in [3.63, 3.8) is 0 Å². The summed E-state index contributed by atoms with van der Waals surface area (Å²) < 4.78 is 5.17. The van der Waals surface area contributed by atoms with Crippen LogP contribution in [0.4, 0.5) is 0 Å². The normalized spacial score (nSPS) is 11.2. The van der Waals surface area contributed by atoms with Gasteiger partial charge in [0.25, 0.3) is 0 Å². The number of carbonyl (C=O) groups excluding carboxylic acids is 1. The molecule has 0 saturated heterocycles. The molecule has 1 rings (SSSR count). The number of rotatable bonds is 3. The minimum absolute atomic E-state index is 0.165. The Morgan fingerprint density at radius 1 is 1.25 bits per heavy atom. The summed E-state index contributed by atoms with van der Waals surface area (Å²) in [5, 5.41) is 0.718. The molecule has 0 atom stereocenters. The van der Waals surface area contributed by atoms with Crippen LogP contribution in [-0.2, 0) is 16.0 Å². The summed E-state index contributed by atoms with van der Waals surface area (Å²) in [7, 11) is 0. The molecule has 0 fully saturated rings. The van der Waals surface area contributed by atoms with Crippen LogP contribution in [0.1, 0.15) is 26.3 Å². The third-order valence-electron chi connectivity index (χ3n) is 2.15. The summed E-state index contributed by atoms with van der Waals surface area (Å²) in [6, 6.07) is 7.55. The Morgan fingerprint density at radius 3 is 2.31 bits per heavy atom. The molecule has 1 aromatic rings. The third-order valence-corrected chi connectivity index (χ3v) is 2.40. The number of benzene rings is 1. The first-order valence-corrected chi connectivity index (χ1v) is 5.69. The second-order valence-corrected chi connectivity index (χ2v) is 5.20. The standard InChI is InChI=1S/C13H17ClO2/c1-13(2,3)12(15)16-9-8-10-4-6-11(14)7-5-10/h4-7H,8-9H2,1-3H3. The van der Waals surface area contributed by atoms with Crippen molar-refractivity contribution in [1.82, 2.24) is 0 Å². The zero-order valence-electron chi connectivity index (χ0n) is 9.92. The highest BCUT2D eigenvalue weighted by atomic mass is 35.5. The van der Waals surface area contributed by atoms with Crippen LogP contribution < -0.4 is 0 Å². The fourth-order valence-corrected chi connectivity index (χ4v) is 1.26. The van der Waals surface area contributed by atoms with Crippen molar-refractivity contribution in [1.29, 1.82) is 0 Å². The highest BCUT2D eigenvalue weighted by molar-refractivity contribution is 6.30. The molecule has 0 aliphatic heterocycles. The van der Waals surface area contributed by atoms with Gasteiger partial charge in [-0.25, -0.2) is 0 Å². The van der Waals surface area contributed by atoms with Gasteiger partial charge in [0.15, 0.2) is 0 Å². The molecule has 0 spiro atoms. The number of hydrogen-bond acceptors (Lipinski definition) is 2. The molecule has 0 bridgehead atoms. The van der Waals surface area contributed by atoms with Crippen molar-refractivity contribution in [3.05, 3.63) is 34.9 Å². The van der Waals surface area contributed by atoms with Crippen molar-refractivity contribution in [2.24, 2.45) is 5.41 Å². The first-order valence-electron chi connectivity index (χ1n) is 5.31. The minimum atomic E-state index is -0.431. The molecular weight excluding hydrogens is 224 g/mol. The molecular formula is C13H17ClO2. The van der Waals surface area contributed by atoms with E-state index in [4.69, 9.17) is 16.3 Å². The van der Waals surface area contributed by atoms with E-state index in [0.717, 1.165) is 17.0 Å². The average Bonchev–Trinajstić information content (AvgIpc) is 2.19. The molecule has 0 amide bonds. The summed E-state index contributed by atoms with van der Waals surface area (Å²) >= 11 is 5.77. The van der Waals surface area contributed by atoms with Crippen LogP contribution in [0.5, 0.6) is 0 Å². The Kier molecular flexibility index (Phi) is 4.36. The largest absolute Gasteiger partial charge is 0.465 e. The van der Waals surface area contributed by atoms with Gasteiger partial charge in [0.1, 0.15) is 0 Å². The van der Waals surface area contributed by atoms with Gasteiger partial charge in [0.2, 0.25) is 0 Å². The highest BCUT2D eigenvalue weighted by Gasteiger charge is 2.22. The molecule has 16 heavy (non-hydrogen) atoms. The van der Waals surface area contributed by atoms with E-state index in [0.29, 0.717) is 6.61 Å². The molecule has 88 valence electrons. The number of halogens is 1. The molecule has 2 nitrogen and oxygen atoms in total. The predicted octanol–water partition coefficient (Wildman–Crippen LogP) is 3.47. The summed E-state index contributed by atoms with van der Waals surface area (Å²) in [6.45, 7) is 5.95. The maximum atomic E-state index is 11.5. The van der Waals surface area contributed by atoms with E-state index in [-0.39, 0.29) is 5.97 Å². The van der Waals surface area contributed by atoms with E-state index >= 15 is 0 Å². The lowest BCUT2D eigenvalue weighted by Crippen LogP contribution is -2.23. The Hall–Kier alpha value is -1.02. The predicted molar refractivity (Wildman–Crippen MR) is 65.6 cm³/mol. The molecule has 3 heteroatoms. The van der Waals surface area contributed by atoms with Crippen LogP contribution in [-0.4, -0.2) is 12.6 Å². The number of esters is 1. The summed E-state index contributed by atoms with van der Waals surface area (Å²) in [5.41, 5.74) is 0.686. The third kappa shape index (κ3) is 4.23. The first kappa shape index (κ1) is 13.0. The van der Waals surface area contributed by atoms with Gasteiger partial charge < -0.3 is 4.74 Å². The molecule has 0 unspecified atom stereocenters. The Balaban J connectivity index is 2.36. The summed E-state index contributed by atoms with van der Waals surface area (Å²) in [6.07, 6.45) is 0.721. The van der Waals surface area contributed by atoms with Crippen LogP contribution in [0.3, 0.4) is 0 Å². The van der Waals surface area contributed by atoms with Gasteiger partial charge in [-0.1, -0.05) is 23.7 Å². The van der Waals surface area contributed by atoms with E-state index in [1.807, 2.05) is 45.0 Å². The molecule has 1 aromatic carbocycles. The molecule has 0 aliphatic carbocycles. The lowest BCUT2D eigenvalue weighted by molar-refractivity contribution is -0.152. The Labute approximate surface area is 102 Å². The number of hydrogen-bond donors (Lipinski definition) is 0. The minimum Gasteiger partial charge on any atom is -0.465 e. The van der Waals surface area contributed by atoms with Gasteiger partial charge in [-0.2, -0.15) is 0 Å². The molecule has 0 saturated carbocycles. The zero-order valence-corrected chi connectivity index (χ0v) is 10.7. The van der Waals surface area contributed by atoms with Crippen LogP contribution >= 0.6 is 11.6 Å². The van der Waals surface area contributed by atoms with Crippen LogP contribution in [0.2, 0.25) is 5.02 Å². The van der Waals surface area contributed by atoms with Crippen molar-refractivity contribution in [3.8, 4) is 0 Å². The van der Waals surface area contributed by atoms with E-state index in [1.165, 1.54) is 0 Å². The topological polar surface area (TPSA) is 26.3 Å². The molecule has 0 N–H and O–H groups in total. The lowest BCUT2D eigenvalue weighted by atomic mass is 9.97. The smallest absolute Gasteiger partial charge is 0.311 e. The lowest BCUT2D eigenvalue weighted by Gasteiger charge is -2.16. The summed E-state index contributed by atoms with van der Waals surface area (Å²) in [5.74, 6) is -0.165. The zero-order chi connectivity index (χ0) is 12.2. The van der Waals surface area contributed by atoms with Crippen LogP contribution in [0.25, 0.3) is 0 Å². The van der Waals surface area contributed by atoms with Gasteiger partial charge in [-0.3, -0.25) is 4.79 Å². The fourth-order valence-electron chi connectivity index (χ4n) is 1.13. The van der Waals surface area contributed by atoms with E-state index in [9.17, 15) is 4.79 Å². The second kappa shape index (κ2) is 5.35. The van der Waals surface area contributed by atoms with Gasteiger partial charge in [-0.05, 0) is 38.5 Å². The molecule has 0 radical (unpaired) electrons. The number of ether oxygens (including phenoxy) is 1. The quantitative estimate of drug-likeness (QED) is 0.757. The maximum absolute atomic E-state index is 11.5. The van der Waals surface area contributed by atoms with E-state index in [2.05, 4.69) is 0 Å². The van der Waals surface area contributed by atoms with Crippen molar-refractivity contribution >= 4 is 17.6 Å². The average molecular weight is 241 g/mol. The Bertz CT molecular complexity index is 349. The highest BCUT2D eigenvalue weighted by Crippen LogP contribution is 2.15. The van der Waals surface area contributed by atoms with E-state index < -0.39 is 5.41 Å². The van der Waals surface area contributed by atoms with Crippen LogP contribution in [0.15, 0.2) is 24.3 Å². The monoisotopic (exact) mass is 240 g/mol.